The Balaban J connectivity index is 2.79. The zero-order valence-corrected chi connectivity index (χ0v) is 15.2. The van der Waals surface area contributed by atoms with E-state index in [1.54, 1.807) is 32.9 Å². The Morgan fingerprint density at radius 3 is 2.25 bits per heavy atom. The zero-order chi connectivity index (χ0) is 18.3. The minimum atomic E-state index is -0.677. The zero-order valence-electron chi connectivity index (χ0n) is 15.2. The summed E-state index contributed by atoms with van der Waals surface area (Å²) in [5.41, 5.74) is 0.154. The lowest BCUT2D eigenvalue weighted by atomic mass is 9.97. The van der Waals surface area contributed by atoms with Crippen molar-refractivity contribution in [1.82, 2.24) is 5.32 Å². The van der Waals surface area contributed by atoms with Gasteiger partial charge in [-0.15, -0.1) is 0 Å². The van der Waals surface area contributed by atoms with Gasteiger partial charge >= 0.3 is 6.09 Å². The van der Waals surface area contributed by atoms with Crippen molar-refractivity contribution in [1.29, 1.82) is 0 Å². The fourth-order valence-electron chi connectivity index (χ4n) is 2.16. The minimum absolute atomic E-state index is 0.0427. The lowest BCUT2D eigenvalue weighted by Crippen LogP contribution is -2.44. The highest BCUT2D eigenvalue weighted by Crippen LogP contribution is 2.12. The minimum Gasteiger partial charge on any atom is -0.444 e. The summed E-state index contributed by atoms with van der Waals surface area (Å²) in [4.78, 5) is 24.5. The van der Waals surface area contributed by atoms with E-state index in [1.165, 1.54) is 12.1 Å². The Labute approximate surface area is 143 Å². The van der Waals surface area contributed by atoms with E-state index in [4.69, 9.17) is 4.74 Å². The number of hydrogen-bond donors (Lipinski definition) is 1. The van der Waals surface area contributed by atoms with E-state index in [-0.39, 0.29) is 11.6 Å². The van der Waals surface area contributed by atoms with Crippen LogP contribution >= 0.6 is 0 Å². The fourth-order valence-corrected chi connectivity index (χ4v) is 2.16. The average Bonchev–Trinajstić information content (AvgIpc) is 2.44. The number of rotatable bonds is 7. The van der Waals surface area contributed by atoms with Gasteiger partial charge in [-0.1, -0.05) is 26.0 Å². The first kappa shape index (κ1) is 20.1. The van der Waals surface area contributed by atoms with Crippen LogP contribution in [0.5, 0.6) is 0 Å². The predicted molar refractivity (Wildman–Crippen MR) is 92.3 cm³/mol. The van der Waals surface area contributed by atoms with Crippen LogP contribution < -0.4 is 5.32 Å². The van der Waals surface area contributed by atoms with E-state index in [0.717, 1.165) is 12.0 Å². The molecule has 0 aliphatic rings. The molecule has 1 N–H and O–H groups in total. The number of carbonyl (C=O) groups is 2. The van der Waals surface area contributed by atoms with Crippen LogP contribution in [0.3, 0.4) is 0 Å². The number of amides is 1. The van der Waals surface area contributed by atoms with E-state index in [0.29, 0.717) is 18.8 Å². The number of hydrogen-bond acceptors (Lipinski definition) is 3. The van der Waals surface area contributed by atoms with Crippen LogP contribution in [0.4, 0.5) is 9.18 Å². The summed E-state index contributed by atoms with van der Waals surface area (Å²) in [6.07, 6.45) is 0.845. The average molecular weight is 337 g/mol. The number of ether oxygens (including phenoxy) is 1. The Bertz CT molecular complexity index is 547. The smallest absolute Gasteiger partial charge is 0.408 e. The third-order valence-electron chi connectivity index (χ3n) is 3.40. The Morgan fingerprint density at radius 1 is 1.17 bits per heavy atom. The molecule has 0 heterocycles. The van der Waals surface area contributed by atoms with Crippen LogP contribution in [0.2, 0.25) is 0 Å². The van der Waals surface area contributed by atoms with Crippen molar-refractivity contribution in [3.05, 3.63) is 35.6 Å². The van der Waals surface area contributed by atoms with E-state index in [2.05, 4.69) is 5.32 Å². The first-order valence-corrected chi connectivity index (χ1v) is 8.33. The number of Topliss-reactive ketones (excluding diaryl/α,β-unsaturated/α-hetero) is 1. The number of alkyl carbamates (subject to hydrolysis) is 1. The lowest BCUT2D eigenvalue weighted by Gasteiger charge is -2.23. The maximum absolute atomic E-state index is 13.0. The van der Waals surface area contributed by atoms with Gasteiger partial charge in [0.25, 0.3) is 0 Å². The standard InChI is InChI=1S/C19H28FNO3/c1-13(2)6-11-17(22)16(21-18(23)24-19(3,4)5)12-14-7-9-15(20)10-8-14/h7-10,13,16H,6,11-12H2,1-5H3,(H,21,23)/t16-/m0/s1. The van der Waals surface area contributed by atoms with Gasteiger partial charge in [-0.05, 0) is 57.2 Å². The number of ketones is 1. The molecule has 0 spiro atoms. The quantitative estimate of drug-likeness (QED) is 0.808. The summed E-state index contributed by atoms with van der Waals surface area (Å²) >= 11 is 0. The molecule has 0 radical (unpaired) electrons. The van der Waals surface area contributed by atoms with Crippen molar-refractivity contribution in [2.45, 2.75) is 65.5 Å². The van der Waals surface area contributed by atoms with Gasteiger partial charge in [0.05, 0.1) is 6.04 Å². The summed E-state index contributed by atoms with van der Waals surface area (Å²) in [6, 6.07) is 5.25. The molecule has 1 amide bonds. The van der Waals surface area contributed by atoms with Gasteiger partial charge in [-0.2, -0.15) is 0 Å². The van der Waals surface area contributed by atoms with Crippen molar-refractivity contribution >= 4 is 11.9 Å². The molecule has 0 bridgehead atoms. The molecular formula is C19H28FNO3. The molecule has 4 nitrogen and oxygen atoms in total. The Kier molecular flexibility index (Phi) is 7.39. The maximum Gasteiger partial charge on any atom is 0.408 e. The van der Waals surface area contributed by atoms with Crippen molar-refractivity contribution in [3.63, 3.8) is 0 Å². The van der Waals surface area contributed by atoms with Crippen molar-refractivity contribution < 1.29 is 18.7 Å². The lowest BCUT2D eigenvalue weighted by molar-refractivity contribution is -0.121. The van der Waals surface area contributed by atoms with Gasteiger partial charge < -0.3 is 10.1 Å². The third kappa shape index (κ3) is 8.09. The molecule has 1 rings (SSSR count). The van der Waals surface area contributed by atoms with E-state index < -0.39 is 17.7 Å². The molecule has 0 saturated heterocycles. The number of benzene rings is 1. The van der Waals surface area contributed by atoms with E-state index in [9.17, 15) is 14.0 Å². The largest absolute Gasteiger partial charge is 0.444 e. The molecule has 0 unspecified atom stereocenters. The fraction of sp³-hybridized carbons (Fsp3) is 0.579. The molecule has 0 aliphatic heterocycles. The maximum atomic E-state index is 13.0. The summed E-state index contributed by atoms with van der Waals surface area (Å²) in [6.45, 7) is 9.39. The highest BCUT2D eigenvalue weighted by atomic mass is 19.1. The molecule has 1 atom stereocenters. The molecule has 5 heteroatoms. The Morgan fingerprint density at radius 2 is 1.75 bits per heavy atom. The molecule has 0 aliphatic carbocycles. The van der Waals surface area contributed by atoms with Crippen LogP contribution in [0, 0.1) is 11.7 Å². The summed E-state index contributed by atoms with van der Waals surface area (Å²) in [5.74, 6) is 0.0300. The summed E-state index contributed by atoms with van der Waals surface area (Å²) < 4.78 is 18.3. The predicted octanol–water partition coefficient (Wildman–Crippen LogP) is 4.27. The monoisotopic (exact) mass is 337 g/mol. The highest BCUT2D eigenvalue weighted by Gasteiger charge is 2.24. The molecule has 134 valence electrons. The molecule has 1 aromatic rings. The van der Waals surface area contributed by atoms with Crippen LogP contribution in [-0.2, 0) is 16.0 Å². The highest BCUT2D eigenvalue weighted by molar-refractivity contribution is 5.87. The molecule has 0 saturated carbocycles. The number of carbonyl (C=O) groups excluding carboxylic acids is 2. The first-order valence-electron chi connectivity index (χ1n) is 8.33. The molecule has 0 aromatic heterocycles. The summed E-state index contributed by atoms with van der Waals surface area (Å²) in [5, 5.41) is 2.66. The van der Waals surface area contributed by atoms with Crippen molar-refractivity contribution in [3.8, 4) is 0 Å². The molecule has 0 fully saturated rings. The van der Waals surface area contributed by atoms with Gasteiger partial charge in [0.1, 0.15) is 11.4 Å². The van der Waals surface area contributed by atoms with Crippen LogP contribution in [-0.4, -0.2) is 23.5 Å². The second kappa shape index (κ2) is 8.81. The van der Waals surface area contributed by atoms with Gasteiger partial charge in [0.15, 0.2) is 5.78 Å². The second-order valence-electron chi connectivity index (χ2n) is 7.43. The first-order chi connectivity index (χ1) is 11.1. The summed E-state index contributed by atoms with van der Waals surface area (Å²) in [7, 11) is 0. The van der Waals surface area contributed by atoms with Crippen LogP contribution in [0.25, 0.3) is 0 Å². The molecule has 24 heavy (non-hydrogen) atoms. The number of halogens is 1. The normalized spacial score (nSPS) is 12.8. The molecule has 1 aromatic carbocycles. The van der Waals surface area contributed by atoms with Gasteiger partial charge in [-0.25, -0.2) is 9.18 Å². The Hall–Kier alpha value is -1.91. The van der Waals surface area contributed by atoms with Crippen LogP contribution in [0.15, 0.2) is 24.3 Å². The van der Waals surface area contributed by atoms with Crippen molar-refractivity contribution in [2.75, 3.05) is 0 Å². The molecular weight excluding hydrogens is 309 g/mol. The topological polar surface area (TPSA) is 55.4 Å². The van der Waals surface area contributed by atoms with Gasteiger partial charge in [-0.3, -0.25) is 4.79 Å². The SMILES string of the molecule is CC(C)CCC(=O)[C@H](Cc1ccc(F)cc1)NC(=O)OC(C)(C)C. The van der Waals surface area contributed by atoms with Gasteiger partial charge in [0, 0.05) is 6.42 Å². The van der Waals surface area contributed by atoms with E-state index in [1.807, 2.05) is 13.8 Å². The van der Waals surface area contributed by atoms with Crippen molar-refractivity contribution in [2.24, 2.45) is 5.92 Å². The van der Waals surface area contributed by atoms with E-state index >= 15 is 0 Å². The number of nitrogens with one attached hydrogen (secondary N) is 1. The van der Waals surface area contributed by atoms with Crippen LogP contribution in [0.1, 0.15) is 53.0 Å². The second-order valence-corrected chi connectivity index (χ2v) is 7.43. The van der Waals surface area contributed by atoms with Gasteiger partial charge in [0.2, 0.25) is 0 Å². The third-order valence-corrected chi connectivity index (χ3v) is 3.40.